The fourth-order valence-electron chi connectivity index (χ4n) is 2.34. The molecular formula is C12H19N5O2. The van der Waals surface area contributed by atoms with Gasteiger partial charge in [-0.1, -0.05) is 0 Å². The Labute approximate surface area is 110 Å². The minimum absolute atomic E-state index is 0.274. The monoisotopic (exact) mass is 265 g/mol. The topological polar surface area (TPSA) is 65.1 Å². The van der Waals surface area contributed by atoms with Crippen LogP contribution in [-0.2, 0) is 20.1 Å². The van der Waals surface area contributed by atoms with Crippen LogP contribution in [0.2, 0.25) is 0 Å². The maximum absolute atomic E-state index is 12.5. The van der Waals surface area contributed by atoms with Crippen molar-refractivity contribution in [3.8, 4) is 0 Å². The summed E-state index contributed by atoms with van der Waals surface area (Å²) in [6, 6.07) is 0. The lowest BCUT2D eigenvalue weighted by Crippen LogP contribution is -2.39. The molecule has 7 heteroatoms. The Bertz CT molecular complexity index is 735. The third-order valence-electron chi connectivity index (χ3n) is 3.23. The van der Waals surface area contributed by atoms with E-state index in [4.69, 9.17) is 0 Å². The van der Waals surface area contributed by atoms with Gasteiger partial charge in [-0.05, 0) is 13.8 Å². The van der Waals surface area contributed by atoms with E-state index in [1.54, 1.807) is 28.1 Å². The molecule has 2 aromatic heterocycles. The van der Waals surface area contributed by atoms with Crippen molar-refractivity contribution in [3.05, 3.63) is 20.8 Å². The molecule has 0 aliphatic carbocycles. The highest BCUT2D eigenvalue weighted by atomic mass is 16.2. The fraction of sp³-hybridized carbons (Fsp3) is 0.583. The molecular weight excluding hydrogens is 246 g/mol. The standard InChI is InChI=1S/C12H19N5O2/c1-6-16-10-8(9(14(3)4)13-15(10)5)11(18)17(7-2)12(16)19/h6-7H2,1-5H3. The van der Waals surface area contributed by atoms with Gasteiger partial charge in [-0.25, -0.2) is 9.48 Å². The van der Waals surface area contributed by atoms with Crippen molar-refractivity contribution in [2.45, 2.75) is 26.9 Å². The first-order chi connectivity index (χ1) is 8.93. The van der Waals surface area contributed by atoms with Crippen LogP contribution in [0.5, 0.6) is 0 Å². The van der Waals surface area contributed by atoms with Gasteiger partial charge in [0.05, 0.1) is 0 Å². The Balaban J connectivity index is 3.11. The minimum atomic E-state index is -0.282. The molecule has 0 saturated carbocycles. The summed E-state index contributed by atoms with van der Waals surface area (Å²) in [5, 5.41) is 4.84. The summed E-state index contributed by atoms with van der Waals surface area (Å²) in [4.78, 5) is 26.5. The number of nitrogens with zero attached hydrogens (tertiary/aromatic N) is 5. The first-order valence-electron chi connectivity index (χ1n) is 6.31. The van der Waals surface area contributed by atoms with Gasteiger partial charge in [0.25, 0.3) is 5.56 Å². The Morgan fingerprint density at radius 3 is 2.16 bits per heavy atom. The Hall–Kier alpha value is -2.05. The van der Waals surface area contributed by atoms with Crippen LogP contribution in [0.4, 0.5) is 5.82 Å². The Kier molecular flexibility index (Phi) is 3.21. The van der Waals surface area contributed by atoms with Gasteiger partial charge in [0.2, 0.25) is 0 Å². The minimum Gasteiger partial charge on any atom is -0.361 e. The zero-order valence-corrected chi connectivity index (χ0v) is 12.0. The van der Waals surface area contributed by atoms with Crippen molar-refractivity contribution in [2.75, 3.05) is 19.0 Å². The first-order valence-corrected chi connectivity index (χ1v) is 6.31. The molecule has 0 saturated heterocycles. The molecule has 0 bridgehead atoms. The summed E-state index contributed by atoms with van der Waals surface area (Å²) < 4.78 is 4.43. The lowest BCUT2D eigenvalue weighted by molar-refractivity contribution is 0.595. The molecule has 0 atom stereocenters. The van der Waals surface area contributed by atoms with E-state index in [-0.39, 0.29) is 11.2 Å². The molecule has 0 radical (unpaired) electrons. The molecule has 2 aromatic rings. The number of aromatic nitrogens is 4. The zero-order valence-electron chi connectivity index (χ0n) is 12.0. The normalized spacial score (nSPS) is 11.2. The maximum atomic E-state index is 12.5. The van der Waals surface area contributed by atoms with Crippen molar-refractivity contribution >= 4 is 16.9 Å². The average Bonchev–Trinajstić information content (AvgIpc) is 2.69. The van der Waals surface area contributed by atoms with Crippen LogP contribution in [0.3, 0.4) is 0 Å². The molecule has 0 spiro atoms. The van der Waals surface area contributed by atoms with Gasteiger partial charge in [-0.2, -0.15) is 5.10 Å². The lowest BCUT2D eigenvalue weighted by atomic mass is 10.3. The second kappa shape index (κ2) is 4.56. The van der Waals surface area contributed by atoms with Gasteiger partial charge in [-0.15, -0.1) is 0 Å². The second-order valence-electron chi connectivity index (χ2n) is 4.62. The van der Waals surface area contributed by atoms with Gasteiger partial charge in [-0.3, -0.25) is 13.9 Å². The van der Waals surface area contributed by atoms with E-state index in [9.17, 15) is 9.59 Å². The van der Waals surface area contributed by atoms with Crippen molar-refractivity contribution in [2.24, 2.45) is 7.05 Å². The largest absolute Gasteiger partial charge is 0.361 e. The van der Waals surface area contributed by atoms with Crippen molar-refractivity contribution < 1.29 is 0 Å². The quantitative estimate of drug-likeness (QED) is 0.783. The van der Waals surface area contributed by atoms with Crippen molar-refractivity contribution in [1.29, 1.82) is 0 Å². The molecule has 19 heavy (non-hydrogen) atoms. The van der Waals surface area contributed by atoms with E-state index < -0.39 is 0 Å². The Morgan fingerprint density at radius 1 is 1.11 bits per heavy atom. The van der Waals surface area contributed by atoms with Crippen molar-refractivity contribution in [1.82, 2.24) is 18.9 Å². The summed E-state index contributed by atoms with van der Waals surface area (Å²) in [6.45, 7) is 4.53. The van der Waals surface area contributed by atoms with E-state index in [1.165, 1.54) is 4.57 Å². The van der Waals surface area contributed by atoms with Crippen LogP contribution in [0.1, 0.15) is 13.8 Å². The first kappa shape index (κ1) is 13.4. The van der Waals surface area contributed by atoms with E-state index in [0.29, 0.717) is 29.9 Å². The fourth-order valence-corrected chi connectivity index (χ4v) is 2.34. The number of fused-ring (bicyclic) bond motifs is 1. The highest BCUT2D eigenvalue weighted by Gasteiger charge is 2.20. The second-order valence-corrected chi connectivity index (χ2v) is 4.62. The van der Waals surface area contributed by atoms with Crippen LogP contribution in [0.15, 0.2) is 9.59 Å². The van der Waals surface area contributed by atoms with Crippen LogP contribution in [0.25, 0.3) is 11.0 Å². The highest BCUT2D eigenvalue weighted by Crippen LogP contribution is 2.19. The molecule has 0 unspecified atom stereocenters. The molecule has 0 aliphatic rings. The smallest absolute Gasteiger partial charge is 0.332 e. The van der Waals surface area contributed by atoms with Crippen LogP contribution < -0.4 is 16.1 Å². The summed E-state index contributed by atoms with van der Waals surface area (Å²) in [7, 11) is 5.41. The van der Waals surface area contributed by atoms with E-state index in [0.717, 1.165) is 0 Å². The number of aryl methyl sites for hydroxylation is 2. The van der Waals surface area contributed by atoms with Crippen LogP contribution in [-0.4, -0.2) is 33.0 Å². The maximum Gasteiger partial charge on any atom is 0.332 e. The highest BCUT2D eigenvalue weighted by molar-refractivity contribution is 5.87. The lowest BCUT2D eigenvalue weighted by Gasteiger charge is -2.11. The van der Waals surface area contributed by atoms with Gasteiger partial charge >= 0.3 is 5.69 Å². The molecule has 2 rings (SSSR count). The zero-order chi connectivity index (χ0) is 14.3. The molecule has 0 aromatic carbocycles. The number of anilines is 1. The molecule has 2 heterocycles. The van der Waals surface area contributed by atoms with Crippen LogP contribution >= 0.6 is 0 Å². The van der Waals surface area contributed by atoms with E-state index in [2.05, 4.69) is 5.10 Å². The van der Waals surface area contributed by atoms with Gasteiger partial charge in [0.15, 0.2) is 5.82 Å². The third kappa shape index (κ3) is 1.76. The molecule has 0 N–H and O–H groups in total. The van der Waals surface area contributed by atoms with E-state index in [1.807, 2.05) is 21.0 Å². The van der Waals surface area contributed by atoms with Gasteiger partial charge in [0, 0.05) is 34.2 Å². The van der Waals surface area contributed by atoms with Gasteiger partial charge < -0.3 is 4.90 Å². The number of hydrogen-bond acceptors (Lipinski definition) is 4. The summed E-state index contributed by atoms with van der Waals surface area (Å²) >= 11 is 0. The average molecular weight is 265 g/mol. The molecule has 0 aliphatic heterocycles. The van der Waals surface area contributed by atoms with E-state index >= 15 is 0 Å². The number of hydrogen-bond donors (Lipinski definition) is 0. The predicted molar refractivity (Wildman–Crippen MR) is 74.9 cm³/mol. The third-order valence-corrected chi connectivity index (χ3v) is 3.23. The molecule has 0 amide bonds. The summed E-state index contributed by atoms with van der Waals surface area (Å²) in [6.07, 6.45) is 0. The molecule has 0 fully saturated rings. The van der Waals surface area contributed by atoms with Crippen molar-refractivity contribution in [3.63, 3.8) is 0 Å². The number of rotatable bonds is 3. The predicted octanol–water partition coefficient (Wildman–Crippen LogP) is 0.00250. The molecule has 104 valence electrons. The van der Waals surface area contributed by atoms with Gasteiger partial charge in [0.1, 0.15) is 11.0 Å². The SMILES string of the molecule is CCn1c(=O)c2c(N(C)C)nn(C)c2n(CC)c1=O. The Morgan fingerprint density at radius 2 is 1.68 bits per heavy atom. The summed E-state index contributed by atoms with van der Waals surface area (Å²) in [5.41, 5.74) is 0.0192. The van der Waals surface area contributed by atoms with Crippen LogP contribution in [0, 0.1) is 0 Å². The molecule has 7 nitrogen and oxygen atoms in total. The summed E-state index contributed by atoms with van der Waals surface area (Å²) in [5.74, 6) is 0.590.